The van der Waals surface area contributed by atoms with E-state index < -0.39 is 17.7 Å². The van der Waals surface area contributed by atoms with Crippen molar-refractivity contribution in [1.82, 2.24) is 4.57 Å². The molecule has 0 spiro atoms. The van der Waals surface area contributed by atoms with Gasteiger partial charge in [-0.2, -0.15) is 0 Å². The number of hydrogen-bond donors (Lipinski definition) is 1. The number of fused-ring (bicyclic) bond motifs is 2. The Morgan fingerprint density at radius 3 is 2.62 bits per heavy atom. The smallest absolute Gasteiger partial charge is 0.300 e. The van der Waals surface area contributed by atoms with Crippen LogP contribution in [-0.4, -0.2) is 28.0 Å². The molecule has 3 aromatic carbocycles. The van der Waals surface area contributed by atoms with Crippen molar-refractivity contribution in [3.63, 3.8) is 0 Å². The molecule has 2 aliphatic rings. The van der Waals surface area contributed by atoms with Crippen LogP contribution in [0.5, 0.6) is 5.75 Å². The Labute approximate surface area is 215 Å². The average molecular weight is 493 g/mol. The van der Waals surface area contributed by atoms with E-state index in [-0.39, 0.29) is 11.3 Å². The van der Waals surface area contributed by atoms with Crippen molar-refractivity contribution in [2.24, 2.45) is 7.05 Å². The van der Waals surface area contributed by atoms with Crippen LogP contribution in [0.3, 0.4) is 0 Å². The Hall–Kier alpha value is -4.32. The summed E-state index contributed by atoms with van der Waals surface area (Å²) in [4.78, 5) is 28.8. The molecule has 3 heterocycles. The van der Waals surface area contributed by atoms with Crippen LogP contribution in [0.25, 0.3) is 16.7 Å². The van der Waals surface area contributed by atoms with Gasteiger partial charge in [0.05, 0.1) is 18.2 Å². The number of aliphatic hydroxyl groups excluding tert-OH is 1. The van der Waals surface area contributed by atoms with Crippen LogP contribution in [0.1, 0.15) is 40.3 Å². The second-order valence-electron chi connectivity index (χ2n) is 9.92. The summed E-state index contributed by atoms with van der Waals surface area (Å²) < 4.78 is 7.72. The third kappa shape index (κ3) is 3.63. The number of rotatable bonds is 3. The van der Waals surface area contributed by atoms with Gasteiger partial charge in [-0.15, -0.1) is 0 Å². The van der Waals surface area contributed by atoms with Crippen molar-refractivity contribution < 1.29 is 19.4 Å². The van der Waals surface area contributed by atoms with Crippen LogP contribution >= 0.6 is 0 Å². The Balaban J connectivity index is 1.60. The third-order valence-corrected chi connectivity index (χ3v) is 7.62. The zero-order chi connectivity index (χ0) is 25.8. The Bertz CT molecular complexity index is 1630. The quantitative estimate of drug-likeness (QED) is 0.225. The molecule has 0 bridgehead atoms. The molecule has 37 heavy (non-hydrogen) atoms. The second-order valence-corrected chi connectivity index (χ2v) is 9.92. The van der Waals surface area contributed by atoms with E-state index >= 15 is 0 Å². The van der Waals surface area contributed by atoms with Crippen molar-refractivity contribution in [3.8, 4) is 5.75 Å². The molecule has 0 radical (unpaired) electrons. The molecular weight excluding hydrogens is 464 g/mol. The van der Waals surface area contributed by atoms with Gasteiger partial charge in [-0.1, -0.05) is 24.3 Å². The van der Waals surface area contributed by atoms with Crippen LogP contribution in [0.2, 0.25) is 0 Å². The number of ketones is 1. The summed E-state index contributed by atoms with van der Waals surface area (Å²) >= 11 is 0. The second kappa shape index (κ2) is 8.66. The van der Waals surface area contributed by atoms with E-state index in [0.29, 0.717) is 17.9 Å². The minimum absolute atomic E-state index is 0.0938. The SMILES string of the molecule is Cc1ccc(N2C(=O)C(=O)/C(=C(/O)c3ccc4c(c3)CCCO4)C2c2cn(C)c3ccccc23)cc1C. The molecule has 1 saturated heterocycles. The number of benzene rings is 3. The molecule has 186 valence electrons. The van der Waals surface area contributed by atoms with Gasteiger partial charge in [-0.05, 0) is 79.8 Å². The summed E-state index contributed by atoms with van der Waals surface area (Å²) in [5.41, 5.74) is 6.10. The number of ether oxygens (including phenoxy) is 1. The Morgan fingerprint density at radius 2 is 1.81 bits per heavy atom. The lowest BCUT2D eigenvalue weighted by molar-refractivity contribution is -0.132. The largest absolute Gasteiger partial charge is 0.507 e. The molecule has 1 atom stereocenters. The third-order valence-electron chi connectivity index (χ3n) is 7.62. The summed E-state index contributed by atoms with van der Waals surface area (Å²) in [6.07, 6.45) is 3.67. The number of amides is 1. The molecule has 1 N–H and O–H groups in total. The van der Waals surface area contributed by atoms with Gasteiger partial charge in [0.2, 0.25) is 0 Å². The van der Waals surface area contributed by atoms with Crippen LogP contribution < -0.4 is 9.64 Å². The highest BCUT2D eigenvalue weighted by Crippen LogP contribution is 2.45. The van der Waals surface area contributed by atoms with Crippen LogP contribution in [0.4, 0.5) is 5.69 Å². The van der Waals surface area contributed by atoms with Gasteiger partial charge in [0.15, 0.2) is 0 Å². The minimum atomic E-state index is -0.777. The lowest BCUT2D eigenvalue weighted by Gasteiger charge is -2.26. The van der Waals surface area contributed by atoms with Gasteiger partial charge in [-0.25, -0.2) is 0 Å². The number of nitrogens with zero attached hydrogens (tertiary/aromatic N) is 2. The highest BCUT2D eigenvalue weighted by molar-refractivity contribution is 6.52. The number of para-hydroxylation sites is 1. The number of aliphatic hydroxyl groups is 1. The van der Waals surface area contributed by atoms with Gasteiger partial charge in [0.1, 0.15) is 11.5 Å². The molecule has 6 heteroatoms. The molecule has 6 rings (SSSR count). The Kier molecular flexibility index (Phi) is 5.41. The number of aryl methyl sites for hydroxylation is 4. The van der Waals surface area contributed by atoms with Crippen molar-refractivity contribution in [2.45, 2.75) is 32.7 Å². The summed E-state index contributed by atoms with van der Waals surface area (Å²) in [6.45, 7) is 4.66. The minimum Gasteiger partial charge on any atom is -0.507 e. The van der Waals surface area contributed by atoms with Gasteiger partial charge < -0.3 is 14.4 Å². The maximum atomic E-state index is 13.6. The molecule has 1 amide bonds. The molecule has 0 aliphatic carbocycles. The first-order valence-corrected chi connectivity index (χ1v) is 12.5. The van der Waals surface area contributed by atoms with E-state index in [1.165, 1.54) is 4.90 Å². The number of carbonyl (C=O) groups is 2. The van der Waals surface area contributed by atoms with E-state index in [4.69, 9.17) is 4.74 Å². The highest BCUT2D eigenvalue weighted by atomic mass is 16.5. The van der Waals surface area contributed by atoms with Crippen LogP contribution in [0, 0.1) is 13.8 Å². The van der Waals surface area contributed by atoms with Crippen molar-refractivity contribution in [1.29, 1.82) is 0 Å². The summed E-state index contributed by atoms with van der Waals surface area (Å²) in [6, 6.07) is 18.3. The van der Waals surface area contributed by atoms with E-state index in [1.54, 1.807) is 6.07 Å². The number of aromatic nitrogens is 1. The molecule has 2 aliphatic heterocycles. The van der Waals surface area contributed by atoms with E-state index in [2.05, 4.69) is 0 Å². The topological polar surface area (TPSA) is 71.8 Å². The molecular formula is C31H28N2O4. The van der Waals surface area contributed by atoms with Crippen LogP contribution in [0.15, 0.2) is 72.4 Å². The monoisotopic (exact) mass is 492 g/mol. The summed E-state index contributed by atoms with van der Waals surface area (Å²) in [7, 11) is 1.94. The number of hydrogen-bond acceptors (Lipinski definition) is 4. The normalized spacial score (nSPS) is 18.8. The molecule has 1 unspecified atom stereocenters. The summed E-state index contributed by atoms with van der Waals surface area (Å²) in [5.74, 6) is -0.716. The van der Waals surface area contributed by atoms with Gasteiger partial charge >= 0.3 is 0 Å². The lowest BCUT2D eigenvalue weighted by atomic mass is 9.93. The number of carbonyl (C=O) groups excluding carboxylic acids is 2. The highest BCUT2D eigenvalue weighted by Gasteiger charge is 2.48. The molecule has 0 saturated carbocycles. The molecule has 6 nitrogen and oxygen atoms in total. The van der Waals surface area contributed by atoms with Gasteiger partial charge in [0.25, 0.3) is 11.7 Å². The summed E-state index contributed by atoms with van der Waals surface area (Å²) in [5, 5.41) is 12.5. The van der Waals surface area contributed by atoms with Crippen molar-refractivity contribution >= 4 is 34.0 Å². The fourth-order valence-corrected chi connectivity index (χ4v) is 5.52. The first-order chi connectivity index (χ1) is 17.8. The van der Waals surface area contributed by atoms with Crippen molar-refractivity contribution in [2.75, 3.05) is 11.5 Å². The average Bonchev–Trinajstić information content (AvgIpc) is 3.38. The fourth-order valence-electron chi connectivity index (χ4n) is 5.52. The maximum absolute atomic E-state index is 13.6. The van der Waals surface area contributed by atoms with E-state index in [9.17, 15) is 14.7 Å². The predicted octanol–water partition coefficient (Wildman–Crippen LogP) is 5.75. The fraction of sp³-hybridized carbons (Fsp3) is 0.226. The van der Waals surface area contributed by atoms with Crippen LogP contribution in [-0.2, 0) is 23.1 Å². The molecule has 1 aromatic heterocycles. The first-order valence-electron chi connectivity index (χ1n) is 12.5. The van der Waals surface area contributed by atoms with E-state index in [1.807, 2.05) is 86.3 Å². The Morgan fingerprint density at radius 1 is 1.00 bits per heavy atom. The lowest BCUT2D eigenvalue weighted by Crippen LogP contribution is -2.29. The zero-order valence-corrected chi connectivity index (χ0v) is 21.1. The number of anilines is 1. The standard InChI is InChI=1S/C31H28N2O4/c1-18-10-12-22(15-19(18)2)33-28(24-17-32(3)25-9-5-4-8-23(24)25)27(30(35)31(33)36)29(34)21-11-13-26-20(16-21)7-6-14-37-26/h4-5,8-13,15-17,28,34H,6-7,14H2,1-3H3/b29-27+. The zero-order valence-electron chi connectivity index (χ0n) is 21.1. The van der Waals surface area contributed by atoms with Gasteiger partial charge in [0, 0.05) is 41.0 Å². The maximum Gasteiger partial charge on any atom is 0.300 e. The predicted molar refractivity (Wildman–Crippen MR) is 144 cm³/mol. The number of Topliss-reactive ketones (excluding diaryl/α,β-unsaturated/α-hetero) is 1. The van der Waals surface area contributed by atoms with E-state index in [0.717, 1.165) is 51.7 Å². The molecule has 4 aromatic rings. The first kappa shape index (κ1) is 23.1. The molecule has 1 fully saturated rings. The van der Waals surface area contributed by atoms with Crippen molar-refractivity contribution in [3.05, 3.63) is 100 Å². The van der Waals surface area contributed by atoms with Gasteiger partial charge in [-0.3, -0.25) is 14.5 Å².